The van der Waals surface area contributed by atoms with Crippen LogP contribution in [0.3, 0.4) is 0 Å². The average molecular weight is 409 g/mol. The lowest BCUT2D eigenvalue weighted by molar-refractivity contribution is 0.0938. The lowest BCUT2D eigenvalue weighted by Crippen LogP contribution is -2.32. The molecule has 0 aliphatic heterocycles. The van der Waals surface area contributed by atoms with Crippen LogP contribution in [-0.2, 0) is 13.0 Å². The van der Waals surface area contributed by atoms with Crippen molar-refractivity contribution in [2.24, 2.45) is 0 Å². The molecule has 0 saturated heterocycles. The Kier molecular flexibility index (Phi) is 6.93. The van der Waals surface area contributed by atoms with Crippen LogP contribution >= 0.6 is 0 Å². The van der Waals surface area contributed by atoms with Gasteiger partial charge in [-0.2, -0.15) is 0 Å². The molecule has 0 saturated carbocycles. The number of hydrogen-bond acceptors (Lipinski definition) is 2. The number of hydrogen-bond donors (Lipinski definition) is 1. The number of aromatic nitrogens is 1. The fourth-order valence-corrected chi connectivity index (χ4v) is 3.56. The van der Waals surface area contributed by atoms with Gasteiger partial charge in [-0.3, -0.25) is 4.79 Å². The molecular formula is C25H29FN2O2. The maximum absolute atomic E-state index is 14.1. The van der Waals surface area contributed by atoms with E-state index in [1.165, 1.54) is 17.7 Å². The normalized spacial score (nSPS) is 11.9. The monoisotopic (exact) mass is 408 g/mol. The van der Waals surface area contributed by atoms with E-state index in [0.717, 1.165) is 24.2 Å². The van der Waals surface area contributed by atoms with Crippen LogP contribution in [0.2, 0.25) is 0 Å². The highest BCUT2D eigenvalue weighted by Gasteiger charge is 2.21. The number of halogens is 1. The van der Waals surface area contributed by atoms with Crippen LogP contribution < -0.4 is 10.1 Å². The molecule has 0 aliphatic carbocycles. The van der Waals surface area contributed by atoms with Gasteiger partial charge in [0.2, 0.25) is 0 Å². The molecule has 3 rings (SSSR count). The number of methoxy groups -OCH3 is 1. The summed E-state index contributed by atoms with van der Waals surface area (Å²) in [7, 11) is 1.57. The zero-order valence-corrected chi connectivity index (χ0v) is 18.0. The first-order valence-electron chi connectivity index (χ1n) is 10.3. The second-order valence-corrected chi connectivity index (χ2v) is 7.54. The van der Waals surface area contributed by atoms with E-state index in [2.05, 4.69) is 22.0 Å². The van der Waals surface area contributed by atoms with E-state index in [0.29, 0.717) is 23.4 Å². The summed E-state index contributed by atoms with van der Waals surface area (Å²) in [5.74, 6) is 0.116. The van der Waals surface area contributed by atoms with Crippen LogP contribution in [0.4, 0.5) is 4.39 Å². The first-order valence-corrected chi connectivity index (χ1v) is 10.3. The molecule has 1 N–H and O–H groups in total. The zero-order chi connectivity index (χ0) is 21.7. The fraction of sp³-hybridized carbons (Fsp3) is 0.320. The van der Waals surface area contributed by atoms with E-state index in [9.17, 15) is 9.18 Å². The van der Waals surface area contributed by atoms with E-state index in [1.54, 1.807) is 13.2 Å². The Morgan fingerprint density at radius 3 is 2.57 bits per heavy atom. The topological polar surface area (TPSA) is 43.3 Å². The molecule has 1 amide bonds. The van der Waals surface area contributed by atoms with Gasteiger partial charge < -0.3 is 14.6 Å². The summed E-state index contributed by atoms with van der Waals surface area (Å²) in [5.41, 5.74) is 4.07. The molecule has 0 spiro atoms. The molecule has 158 valence electrons. The molecule has 4 nitrogen and oxygen atoms in total. The second kappa shape index (κ2) is 9.61. The quantitative estimate of drug-likeness (QED) is 0.544. The summed E-state index contributed by atoms with van der Waals surface area (Å²) in [6, 6.07) is 16.6. The van der Waals surface area contributed by atoms with Crippen molar-refractivity contribution in [3.05, 3.63) is 77.2 Å². The van der Waals surface area contributed by atoms with Crippen LogP contribution in [0.1, 0.15) is 41.9 Å². The van der Waals surface area contributed by atoms with Crippen LogP contribution in [0, 0.1) is 12.7 Å². The second-order valence-electron chi connectivity index (χ2n) is 7.54. The fourth-order valence-electron chi connectivity index (χ4n) is 3.56. The Morgan fingerprint density at radius 1 is 1.17 bits per heavy atom. The number of nitrogens with zero attached hydrogens (tertiary/aromatic N) is 1. The summed E-state index contributed by atoms with van der Waals surface area (Å²) in [6.07, 6.45) is 1.65. The minimum Gasteiger partial charge on any atom is -0.496 e. The number of benzene rings is 2. The predicted octanol–water partition coefficient (Wildman–Crippen LogP) is 5.38. The summed E-state index contributed by atoms with van der Waals surface area (Å²) < 4.78 is 21.7. The molecule has 5 heteroatoms. The maximum Gasteiger partial charge on any atom is 0.253 e. The maximum atomic E-state index is 14.1. The van der Waals surface area contributed by atoms with Crippen molar-refractivity contribution in [3.8, 4) is 17.0 Å². The highest BCUT2D eigenvalue weighted by Crippen LogP contribution is 2.34. The van der Waals surface area contributed by atoms with Crippen molar-refractivity contribution in [1.29, 1.82) is 0 Å². The molecule has 3 aromatic rings. The third-order valence-electron chi connectivity index (χ3n) is 5.51. The summed E-state index contributed by atoms with van der Waals surface area (Å²) in [5, 5.41) is 3.03. The predicted molar refractivity (Wildman–Crippen MR) is 118 cm³/mol. The van der Waals surface area contributed by atoms with Crippen molar-refractivity contribution in [3.63, 3.8) is 0 Å². The van der Waals surface area contributed by atoms with Gasteiger partial charge in [0.05, 0.1) is 18.4 Å². The van der Waals surface area contributed by atoms with Gasteiger partial charge in [0.15, 0.2) is 0 Å². The van der Waals surface area contributed by atoms with Crippen LogP contribution in [-0.4, -0.2) is 23.6 Å². The number of nitrogens with one attached hydrogen (secondary N) is 1. The van der Waals surface area contributed by atoms with E-state index >= 15 is 0 Å². The van der Waals surface area contributed by atoms with Crippen molar-refractivity contribution in [2.75, 3.05) is 7.11 Å². The molecule has 1 aromatic heterocycles. The Bertz CT molecular complexity index is 1010. The standard InChI is InChI=1S/C25H29FN2O2/c1-5-17(2)27-25(29)21-16-23(22-15-20(26)11-12-24(22)30-4)28(18(21)3)14-13-19-9-7-6-8-10-19/h6-12,15-17H,5,13-14H2,1-4H3,(H,27,29)/t17-/m0/s1. The first kappa shape index (κ1) is 21.6. The number of carbonyl (C=O) groups is 1. The van der Waals surface area contributed by atoms with E-state index in [1.807, 2.05) is 45.0 Å². The van der Waals surface area contributed by atoms with E-state index < -0.39 is 0 Å². The van der Waals surface area contributed by atoms with E-state index in [4.69, 9.17) is 4.74 Å². The van der Waals surface area contributed by atoms with Gasteiger partial charge in [0.25, 0.3) is 5.91 Å². The smallest absolute Gasteiger partial charge is 0.253 e. The Labute approximate surface area is 177 Å². The van der Waals surface area contributed by atoms with Gasteiger partial charge >= 0.3 is 0 Å². The summed E-state index contributed by atoms with van der Waals surface area (Å²) in [4.78, 5) is 12.9. The Balaban J connectivity index is 2.06. The molecule has 1 heterocycles. The van der Waals surface area contributed by atoms with Crippen molar-refractivity contribution >= 4 is 5.91 Å². The number of aryl methyl sites for hydroxylation is 1. The molecule has 0 bridgehead atoms. The SMILES string of the molecule is CC[C@H](C)NC(=O)c1cc(-c2cc(F)ccc2OC)n(CCc2ccccc2)c1C. The van der Waals surface area contributed by atoms with Gasteiger partial charge in [-0.15, -0.1) is 0 Å². The van der Waals surface area contributed by atoms with Crippen LogP contribution in [0.5, 0.6) is 5.75 Å². The molecular weight excluding hydrogens is 379 g/mol. The summed E-state index contributed by atoms with van der Waals surface area (Å²) >= 11 is 0. The van der Waals surface area contributed by atoms with Gasteiger partial charge in [-0.05, 0) is 56.5 Å². The first-order chi connectivity index (χ1) is 14.4. The highest BCUT2D eigenvalue weighted by atomic mass is 19.1. The zero-order valence-electron chi connectivity index (χ0n) is 18.0. The largest absolute Gasteiger partial charge is 0.496 e. The lowest BCUT2D eigenvalue weighted by Gasteiger charge is -2.15. The van der Waals surface area contributed by atoms with Crippen LogP contribution in [0.15, 0.2) is 54.6 Å². The average Bonchev–Trinajstić information content (AvgIpc) is 3.09. The molecule has 1 atom stereocenters. The molecule has 2 aromatic carbocycles. The number of amides is 1. The number of rotatable bonds is 8. The van der Waals surface area contributed by atoms with Crippen LogP contribution in [0.25, 0.3) is 11.3 Å². The van der Waals surface area contributed by atoms with E-state index in [-0.39, 0.29) is 17.8 Å². The van der Waals surface area contributed by atoms with Crippen molar-refractivity contribution in [2.45, 2.75) is 46.2 Å². The van der Waals surface area contributed by atoms with Gasteiger partial charge in [0.1, 0.15) is 11.6 Å². The third-order valence-corrected chi connectivity index (χ3v) is 5.51. The molecule has 0 aliphatic rings. The molecule has 0 radical (unpaired) electrons. The minimum absolute atomic E-state index is 0.0803. The highest BCUT2D eigenvalue weighted by molar-refractivity contribution is 5.97. The molecule has 0 unspecified atom stereocenters. The number of carbonyl (C=O) groups excluding carboxylic acids is 1. The van der Waals surface area contributed by atoms with Gasteiger partial charge in [0, 0.05) is 23.8 Å². The Hall–Kier alpha value is -3.08. The van der Waals surface area contributed by atoms with Gasteiger partial charge in [-0.25, -0.2) is 4.39 Å². The minimum atomic E-state index is -0.343. The van der Waals surface area contributed by atoms with Crippen molar-refractivity contribution in [1.82, 2.24) is 9.88 Å². The third kappa shape index (κ3) is 4.73. The van der Waals surface area contributed by atoms with Crippen molar-refractivity contribution < 1.29 is 13.9 Å². The molecule has 30 heavy (non-hydrogen) atoms. The lowest BCUT2D eigenvalue weighted by atomic mass is 10.1. The Morgan fingerprint density at radius 2 is 1.90 bits per heavy atom. The van der Waals surface area contributed by atoms with Gasteiger partial charge in [-0.1, -0.05) is 37.3 Å². The summed E-state index contributed by atoms with van der Waals surface area (Å²) in [6.45, 7) is 6.62. The molecule has 0 fully saturated rings. The number of ether oxygens (including phenoxy) is 1.